The molecule has 2 aliphatic heterocycles. The quantitative estimate of drug-likeness (QED) is 0.797. The summed E-state index contributed by atoms with van der Waals surface area (Å²) < 4.78 is 14.6. The number of anilines is 1. The van der Waals surface area contributed by atoms with Crippen LogP contribution in [0.15, 0.2) is 16.7 Å². The molecule has 2 aliphatic rings. The smallest absolute Gasteiger partial charge is 0.227 e. The molecule has 0 radical (unpaired) electrons. The molecule has 3 heterocycles. The van der Waals surface area contributed by atoms with Crippen LogP contribution in [0.5, 0.6) is 0 Å². The van der Waals surface area contributed by atoms with Crippen molar-refractivity contribution in [2.45, 2.75) is 6.42 Å². The fraction of sp³-hybridized carbons (Fsp3) is 0.571. The summed E-state index contributed by atoms with van der Waals surface area (Å²) in [6.45, 7) is 2.92. The number of nitrogens with zero attached hydrogens (tertiary/aromatic N) is 3. The number of halogens is 2. The highest BCUT2D eigenvalue weighted by Gasteiger charge is 2.33. The van der Waals surface area contributed by atoms with Crippen molar-refractivity contribution in [3.63, 3.8) is 0 Å². The standard InChI is InChI=1S/C14H17BrFN3OS/c15-11-7-12(16)13(17-8-11)19-2-1-10(9-19)14(20)18-3-5-21-6-4-18/h7-8,10H,1-6,9H2. The van der Waals surface area contributed by atoms with Gasteiger partial charge in [-0.25, -0.2) is 9.37 Å². The number of aromatic nitrogens is 1. The van der Waals surface area contributed by atoms with Crippen LogP contribution < -0.4 is 4.90 Å². The largest absolute Gasteiger partial charge is 0.353 e. The second-order valence-electron chi connectivity index (χ2n) is 5.33. The number of rotatable bonds is 2. The summed E-state index contributed by atoms with van der Waals surface area (Å²) in [4.78, 5) is 20.5. The Labute approximate surface area is 136 Å². The molecule has 1 unspecified atom stereocenters. The summed E-state index contributed by atoms with van der Waals surface area (Å²) in [5, 5.41) is 0. The lowest BCUT2D eigenvalue weighted by atomic mass is 10.1. The molecule has 0 spiro atoms. The Morgan fingerprint density at radius 2 is 2.14 bits per heavy atom. The molecule has 0 aromatic carbocycles. The highest BCUT2D eigenvalue weighted by atomic mass is 79.9. The maximum atomic E-state index is 14.0. The molecule has 1 aromatic heterocycles. The van der Waals surface area contributed by atoms with Gasteiger partial charge in [0.25, 0.3) is 0 Å². The van der Waals surface area contributed by atoms with Crippen molar-refractivity contribution in [1.82, 2.24) is 9.88 Å². The van der Waals surface area contributed by atoms with Crippen LogP contribution in [0.3, 0.4) is 0 Å². The summed E-state index contributed by atoms with van der Waals surface area (Å²) in [5.74, 6) is 2.23. The van der Waals surface area contributed by atoms with E-state index in [4.69, 9.17) is 0 Å². The van der Waals surface area contributed by atoms with Gasteiger partial charge in [0.2, 0.25) is 5.91 Å². The Morgan fingerprint density at radius 1 is 1.38 bits per heavy atom. The fourth-order valence-corrected chi connectivity index (χ4v) is 4.04. The number of carbonyl (C=O) groups is 1. The number of carbonyl (C=O) groups excluding carboxylic acids is 1. The molecule has 3 rings (SSSR count). The minimum Gasteiger partial charge on any atom is -0.353 e. The van der Waals surface area contributed by atoms with Crippen molar-refractivity contribution < 1.29 is 9.18 Å². The van der Waals surface area contributed by atoms with Gasteiger partial charge < -0.3 is 9.80 Å². The SMILES string of the molecule is O=C(C1CCN(c2ncc(Br)cc2F)C1)N1CCSCC1. The zero-order valence-electron chi connectivity index (χ0n) is 11.6. The first-order valence-corrected chi connectivity index (χ1v) is 9.02. The second-order valence-corrected chi connectivity index (χ2v) is 7.47. The number of thioether (sulfide) groups is 1. The van der Waals surface area contributed by atoms with Crippen LogP contribution in [0.1, 0.15) is 6.42 Å². The van der Waals surface area contributed by atoms with Gasteiger partial charge >= 0.3 is 0 Å². The van der Waals surface area contributed by atoms with Crippen LogP contribution in [-0.4, -0.2) is 53.5 Å². The van der Waals surface area contributed by atoms with Gasteiger partial charge in [0.1, 0.15) is 0 Å². The average molecular weight is 374 g/mol. The lowest BCUT2D eigenvalue weighted by Gasteiger charge is -2.29. The second kappa shape index (κ2) is 6.52. The van der Waals surface area contributed by atoms with Crippen LogP contribution >= 0.6 is 27.7 Å². The first-order chi connectivity index (χ1) is 10.1. The predicted molar refractivity (Wildman–Crippen MR) is 86.1 cm³/mol. The molecule has 0 N–H and O–H groups in total. The highest BCUT2D eigenvalue weighted by Crippen LogP contribution is 2.27. The van der Waals surface area contributed by atoms with Crippen molar-refractivity contribution in [1.29, 1.82) is 0 Å². The van der Waals surface area contributed by atoms with Crippen molar-refractivity contribution in [2.75, 3.05) is 42.6 Å². The predicted octanol–water partition coefficient (Wildman–Crippen LogP) is 2.38. The van der Waals surface area contributed by atoms with Crippen LogP contribution in [-0.2, 0) is 4.79 Å². The normalized spacial score (nSPS) is 22.7. The van der Waals surface area contributed by atoms with Crippen molar-refractivity contribution in [2.24, 2.45) is 5.92 Å². The fourth-order valence-electron chi connectivity index (χ4n) is 2.84. The van der Waals surface area contributed by atoms with Gasteiger partial charge in [0.15, 0.2) is 11.6 Å². The summed E-state index contributed by atoms with van der Waals surface area (Å²) >= 11 is 5.10. The van der Waals surface area contributed by atoms with E-state index in [2.05, 4.69) is 20.9 Å². The third-order valence-corrected chi connectivity index (χ3v) is 5.32. The molecule has 4 nitrogen and oxygen atoms in total. The highest BCUT2D eigenvalue weighted by molar-refractivity contribution is 9.10. The molecule has 0 bridgehead atoms. The number of amides is 1. The maximum absolute atomic E-state index is 14.0. The average Bonchev–Trinajstić information content (AvgIpc) is 2.97. The third kappa shape index (κ3) is 3.34. The Balaban J connectivity index is 1.66. The summed E-state index contributed by atoms with van der Waals surface area (Å²) in [7, 11) is 0. The first-order valence-electron chi connectivity index (χ1n) is 7.07. The van der Waals surface area contributed by atoms with E-state index in [-0.39, 0.29) is 17.6 Å². The van der Waals surface area contributed by atoms with E-state index in [1.807, 2.05) is 21.6 Å². The van der Waals surface area contributed by atoms with E-state index in [1.54, 1.807) is 6.20 Å². The molecule has 0 aliphatic carbocycles. The van der Waals surface area contributed by atoms with E-state index < -0.39 is 0 Å². The summed E-state index contributed by atoms with van der Waals surface area (Å²) in [6.07, 6.45) is 2.37. The Morgan fingerprint density at radius 3 is 2.86 bits per heavy atom. The van der Waals surface area contributed by atoms with E-state index >= 15 is 0 Å². The monoisotopic (exact) mass is 373 g/mol. The van der Waals surface area contributed by atoms with Crippen LogP contribution in [0.25, 0.3) is 0 Å². The van der Waals surface area contributed by atoms with E-state index in [9.17, 15) is 9.18 Å². The molecule has 1 atom stereocenters. The number of hydrogen-bond acceptors (Lipinski definition) is 4. The number of hydrogen-bond donors (Lipinski definition) is 0. The molecule has 114 valence electrons. The zero-order valence-corrected chi connectivity index (χ0v) is 14.0. The van der Waals surface area contributed by atoms with Crippen LogP contribution in [0.4, 0.5) is 10.2 Å². The Kier molecular flexibility index (Phi) is 4.69. The zero-order chi connectivity index (χ0) is 14.8. The van der Waals surface area contributed by atoms with Crippen LogP contribution in [0, 0.1) is 11.7 Å². The van der Waals surface area contributed by atoms with E-state index in [0.29, 0.717) is 23.4 Å². The minimum absolute atomic E-state index is 0.0297. The molecular formula is C14H17BrFN3OS. The first kappa shape index (κ1) is 15.1. The molecule has 2 saturated heterocycles. The minimum atomic E-state index is -0.341. The van der Waals surface area contributed by atoms with Gasteiger partial charge in [-0.15, -0.1) is 0 Å². The molecule has 1 amide bonds. The van der Waals surface area contributed by atoms with E-state index in [1.165, 1.54) is 6.07 Å². The van der Waals surface area contributed by atoms with Gasteiger partial charge in [-0.05, 0) is 28.4 Å². The Bertz CT molecular complexity index is 539. The van der Waals surface area contributed by atoms with Crippen LogP contribution in [0.2, 0.25) is 0 Å². The topological polar surface area (TPSA) is 36.4 Å². The molecule has 7 heteroatoms. The number of pyridine rings is 1. The van der Waals surface area contributed by atoms with Crippen molar-refractivity contribution in [3.05, 3.63) is 22.6 Å². The van der Waals surface area contributed by atoms with E-state index in [0.717, 1.165) is 31.0 Å². The van der Waals surface area contributed by atoms with Crippen molar-refractivity contribution >= 4 is 39.4 Å². The molecule has 2 fully saturated rings. The lowest BCUT2D eigenvalue weighted by molar-refractivity contribution is -0.134. The van der Waals surface area contributed by atoms with Gasteiger partial charge in [0, 0.05) is 48.4 Å². The van der Waals surface area contributed by atoms with Gasteiger partial charge in [-0.1, -0.05) is 0 Å². The van der Waals surface area contributed by atoms with Gasteiger partial charge in [0.05, 0.1) is 5.92 Å². The molecule has 21 heavy (non-hydrogen) atoms. The summed E-state index contributed by atoms with van der Waals surface area (Å²) in [5.41, 5.74) is 0. The third-order valence-electron chi connectivity index (χ3n) is 3.95. The molecule has 0 saturated carbocycles. The maximum Gasteiger partial charge on any atom is 0.227 e. The lowest BCUT2D eigenvalue weighted by Crippen LogP contribution is -2.42. The summed E-state index contributed by atoms with van der Waals surface area (Å²) in [6, 6.07) is 1.42. The molecule has 1 aromatic rings. The van der Waals surface area contributed by atoms with Gasteiger partial charge in [-0.2, -0.15) is 11.8 Å². The van der Waals surface area contributed by atoms with Gasteiger partial charge in [-0.3, -0.25) is 4.79 Å². The Hall–Kier alpha value is -0.820. The molecular weight excluding hydrogens is 357 g/mol. The van der Waals surface area contributed by atoms with Crippen molar-refractivity contribution in [3.8, 4) is 0 Å².